The number of aromatic nitrogens is 3. The molecule has 18 heavy (non-hydrogen) atoms. The van der Waals surface area contributed by atoms with Crippen LogP contribution in [-0.2, 0) is 6.42 Å². The molecule has 6 nitrogen and oxygen atoms in total. The van der Waals surface area contributed by atoms with Crippen LogP contribution in [0, 0.1) is 0 Å². The van der Waals surface area contributed by atoms with Gasteiger partial charge >= 0.3 is 5.97 Å². The molecule has 0 atom stereocenters. The summed E-state index contributed by atoms with van der Waals surface area (Å²) in [5.74, 6) is 0.277. The van der Waals surface area contributed by atoms with Gasteiger partial charge in [0.15, 0.2) is 5.82 Å². The van der Waals surface area contributed by atoms with Crippen molar-refractivity contribution in [3.63, 3.8) is 0 Å². The minimum atomic E-state index is -0.983. The molecule has 0 radical (unpaired) electrons. The summed E-state index contributed by atoms with van der Waals surface area (Å²) in [7, 11) is 0. The highest BCUT2D eigenvalue weighted by molar-refractivity contribution is 7.14. The maximum Gasteiger partial charge on any atom is 0.365 e. The van der Waals surface area contributed by atoms with Crippen LogP contribution < -0.4 is 4.90 Å². The van der Waals surface area contributed by atoms with Gasteiger partial charge in [-0.05, 0) is 18.9 Å². The largest absolute Gasteiger partial charge is 0.476 e. The Labute approximate surface area is 107 Å². The Hall–Kier alpha value is -2.02. The molecule has 3 heterocycles. The van der Waals surface area contributed by atoms with Gasteiger partial charge < -0.3 is 5.11 Å². The van der Waals surface area contributed by atoms with Crippen LogP contribution in [0.5, 0.6) is 0 Å². The monoisotopic (exact) mass is 262 g/mol. The summed E-state index contributed by atoms with van der Waals surface area (Å²) in [6.07, 6.45) is 5.15. The first-order chi connectivity index (χ1) is 8.75. The Morgan fingerprint density at radius 1 is 1.39 bits per heavy atom. The summed E-state index contributed by atoms with van der Waals surface area (Å²) in [6.45, 7) is 0.764. The lowest BCUT2D eigenvalue weighted by Crippen LogP contribution is -2.25. The van der Waals surface area contributed by atoms with E-state index in [9.17, 15) is 4.79 Å². The van der Waals surface area contributed by atoms with Gasteiger partial charge in [0.1, 0.15) is 0 Å². The average Bonchev–Trinajstić information content (AvgIpc) is 2.83. The van der Waals surface area contributed by atoms with Crippen molar-refractivity contribution in [1.82, 2.24) is 15.0 Å². The fourth-order valence-electron chi connectivity index (χ4n) is 1.94. The lowest BCUT2D eigenvalue weighted by Gasteiger charge is -2.25. The van der Waals surface area contributed by atoms with E-state index in [0.29, 0.717) is 11.8 Å². The first-order valence-electron chi connectivity index (χ1n) is 5.53. The second kappa shape index (κ2) is 4.34. The lowest BCUT2D eigenvalue weighted by molar-refractivity contribution is 0.0696. The van der Waals surface area contributed by atoms with Crippen LogP contribution in [0.15, 0.2) is 18.5 Å². The van der Waals surface area contributed by atoms with Gasteiger partial charge in [0.2, 0.25) is 11.0 Å². The second-order valence-electron chi connectivity index (χ2n) is 3.87. The van der Waals surface area contributed by atoms with Crippen LogP contribution in [-0.4, -0.2) is 32.6 Å². The molecular formula is C11H10N4O2S. The number of fused-ring (bicyclic) bond motifs is 1. The lowest BCUT2D eigenvalue weighted by atomic mass is 10.2. The van der Waals surface area contributed by atoms with E-state index >= 15 is 0 Å². The molecule has 0 saturated heterocycles. The SMILES string of the molecule is O=C(O)c1nc2c(s1)CCCN2c1ncccn1. The molecule has 7 heteroatoms. The molecule has 0 bridgehead atoms. The van der Waals surface area contributed by atoms with Gasteiger partial charge in [-0.2, -0.15) is 0 Å². The molecule has 0 saturated carbocycles. The van der Waals surface area contributed by atoms with Crippen LogP contribution in [0.2, 0.25) is 0 Å². The fourth-order valence-corrected chi connectivity index (χ4v) is 2.88. The van der Waals surface area contributed by atoms with Crippen LogP contribution in [0.4, 0.5) is 11.8 Å². The van der Waals surface area contributed by atoms with Crippen molar-refractivity contribution in [2.24, 2.45) is 0 Å². The summed E-state index contributed by atoms with van der Waals surface area (Å²) >= 11 is 1.23. The van der Waals surface area contributed by atoms with E-state index in [1.165, 1.54) is 11.3 Å². The smallest absolute Gasteiger partial charge is 0.365 e. The summed E-state index contributed by atoms with van der Waals surface area (Å²) in [4.78, 5) is 26.4. The molecule has 0 aromatic carbocycles. The second-order valence-corrected chi connectivity index (χ2v) is 4.96. The van der Waals surface area contributed by atoms with Crippen molar-refractivity contribution < 1.29 is 9.90 Å². The Balaban J connectivity index is 2.04. The predicted molar refractivity (Wildman–Crippen MR) is 66.4 cm³/mol. The maximum atomic E-state index is 11.0. The molecule has 3 rings (SSSR count). The topological polar surface area (TPSA) is 79.2 Å². The van der Waals surface area contributed by atoms with E-state index in [4.69, 9.17) is 5.11 Å². The van der Waals surface area contributed by atoms with E-state index in [1.54, 1.807) is 18.5 Å². The quantitative estimate of drug-likeness (QED) is 0.887. The molecule has 0 aliphatic carbocycles. The normalized spacial score (nSPS) is 14.3. The first-order valence-corrected chi connectivity index (χ1v) is 6.35. The molecule has 92 valence electrons. The highest BCUT2D eigenvalue weighted by Gasteiger charge is 2.26. The Morgan fingerprint density at radius 2 is 2.17 bits per heavy atom. The number of thiazole rings is 1. The third-order valence-corrected chi connectivity index (χ3v) is 3.79. The molecule has 0 fully saturated rings. The van der Waals surface area contributed by atoms with E-state index < -0.39 is 5.97 Å². The highest BCUT2D eigenvalue weighted by atomic mass is 32.1. The Kier molecular flexibility index (Phi) is 2.67. The number of aryl methyl sites for hydroxylation is 1. The first kappa shape index (κ1) is 11.1. The van der Waals surface area contributed by atoms with E-state index in [0.717, 1.165) is 24.3 Å². The van der Waals surface area contributed by atoms with Crippen molar-refractivity contribution in [2.75, 3.05) is 11.4 Å². The van der Waals surface area contributed by atoms with Crippen molar-refractivity contribution in [3.05, 3.63) is 28.3 Å². The van der Waals surface area contributed by atoms with Crippen molar-refractivity contribution >= 4 is 29.1 Å². The van der Waals surface area contributed by atoms with Gasteiger partial charge in [0, 0.05) is 18.9 Å². The molecular weight excluding hydrogens is 252 g/mol. The molecule has 1 aliphatic rings. The van der Waals surface area contributed by atoms with Crippen molar-refractivity contribution in [3.8, 4) is 0 Å². The molecule has 2 aromatic heterocycles. The predicted octanol–water partition coefficient (Wildman–Crippen LogP) is 1.72. The van der Waals surface area contributed by atoms with Crippen molar-refractivity contribution in [2.45, 2.75) is 12.8 Å². The molecule has 0 unspecified atom stereocenters. The number of carbonyl (C=O) groups is 1. The number of hydrogen-bond acceptors (Lipinski definition) is 6. The van der Waals surface area contributed by atoms with Gasteiger partial charge in [-0.15, -0.1) is 11.3 Å². The third-order valence-electron chi connectivity index (χ3n) is 2.69. The number of hydrogen-bond donors (Lipinski definition) is 1. The summed E-state index contributed by atoms with van der Waals surface area (Å²) in [5.41, 5.74) is 0. The van der Waals surface area contributed by atoms with Crippen LogP contribution >= 0.6 is 11.3 Å². The zero-order valence-corrected chi connectivity index (χ0v) is 10.2. The van der Waals surface area contributed by atoms with Gasteiger partial charge in [-0.3, -0.25) is 4.90 Å². The number of carboxylic acids is 1. The Morgan fingerprint density at radius 3 is 2.89 bits per heavy atom. The zero-order valence-electron chi connectivity index (χ0n) is 9.41. The molecule has 1 N–H and O–H groups in total. The number of rotatable bonds is 2. The zero-order chi connectivity index (χ0) is 12.5. The van der Waals surface area contributed by atoms with E-state index in [1.807, 2.05) is 4.90 Å². The van der Waals surface area contributed by atoms with Crippen LogP contribution in [0.1, 0.15) is 21.1 Å². The number of aromatic carboxylic acids is 1. The van der Waals surface area contributed by atoms with Gasteiger partial charge in [0.25, 0.3) is 0 Å². The Bertz CT molecular complexity index is 584. The van der Waals surface area contributed by atoms with Crippen LogP contribution in [0.25, 0.3) is 0 Å². The van der Waals surface area contributed by atoms with Gasteiger partial charge in [-0.25, -0.2) is 19.7 Å². The van der Waals surface area contributed by atoms with Crippen LogP contribution in [0.3, 0.4) is 0 Å². The molecule has 1 aliphatic heterocycles. The minimum absolute atomic E-state index is 0.128. The summed E-state index contributed by atoms with van der Waals surface area (Å²) < 4.78 is 0. The van der Waals surface area contributed by atoms with E-state index in [2.05, 4.69) is 15.0 Å². The summed E-state index contributed by atoms with van der Waals surface area (Å²) in [5, 5.41) is 9.12. The number of anilines is 2. The van der Waals surface area contributed by atoms with Gasteiger partial charge in [-0.1, -0.05) is 0 Å². The number of nitrogens with zero attached hydrogens (tertiary/aromatic N) is 4. The maximum absolute atomic E-state index is 11.0. The minimum Gasteiger partial charge on any atom is -0.476 e. The van der Waals surface area contributed by atoms with Crippen molar-refractivity contribution in [1.29, 1.82) is 0 Å². The summed E-state index contributed by atoms with van der Waals surface area (Å²) in [6, 6.07) is 1.75. The molecule has 0 amide bonds. The average molecular weight is 262 g/mol. The standard InChI is InChI=1S/C11H10N4O2S/c16-10(17)9-14-8-7(18-9)3-1-6-15(8)11-12-4-2-5-13-11/h2,4-5H,1,3,6H2,(H,16,17). The highest BCUT2D eigenvalue weighted by Crippen LogP contribution is 2.34. The number of carboxylic acid groups (broad SMARTS) is 1. The van der Waals surface area contributed by atoms with E-state index in [-0.39, 0.29) is 5.01 Å². The third kappa shape index (κ3) is 1.82. The molecule has 0 spiro atoms. The fraction of sp³-hybridized carbons (Fsp3) is 0.273. The van der Waals surface area contributed by atoms with Gasteiger partial charge in [0.05, 0.1) is 4.88 Å². The molecule has 2 aromatic rings.